The summed E-state index contributed by atoms with van der Waals surface area (Å²) in [5.41, 5.74) is 0.581. The van der Waals surface area contributed by atoms with Crippen LogP contribution in [0.1, 0.15) is 12.0 Å². The third-order valence-corrected chi connectivity index (χ3v) is 7.13. The molecule has 3 rings (SSSR count). The topological polar surface area (TPSA) is 3.01 Å². The molecule has 1 aromatic rings. The Hall–Kier alpha value is 0.920. The van der Waals surface area contributed by atoms with Gasteiger partial charge in [-0.15, -0.1) is 23.2 Å². The van der Waals surface area contributed by atoms with Gasteiger partial charge < -0.3 is 0 Å². The predicted molar refractivity (Wildman–Crippen MR) is 82.8 cm³/mol. The molecule has 0 N–H and O–H groups in total. The predicted octanol–water partition coefficient (Wildman–Crippen LogP) is 5.08. The Morgan fingerprint density at radius 3 is 1.74 bits per heavy atom. The van der Waals surface area contributed by atoms with Crippen molar-refractivity contribution in [2.75, 3.05) is 6.54 Å². The van der Waals surface area contributed by atoms with Crippen LogP contribution in [0.15, 0.2) is 30.3 Å². The average molecular weight is 380 g/mol. The molecule has 0 amide bonds. The Labute approximate surface area is 141 Å². The molecule has 1 aromatic carbocycles. The lowest BCUT2D eigenvalue weighted by atomic mass is 9.96. The van der Waals surface area contributed by atoms with E-state index < -0.39 is 18.7 Å². The van der Waals surface area contributed by atoms with Gasteiger partial charge in [0.1, 0.15) is 4.33 Å². The molecular weight excluding hydrogens is 371 g/mol. The van der Waals surface area contributed by atoms with E-state index in [1.165, 1.54) is 0 Å². The van der Waals surface area contributed by atoms with Gasteiger partial charge in [0, 0.05) is 12.0 Å². The minimum atomic E-state index is -1.30. The number of alkyl halides is 6. The molecule has 1 atom stereocenters. The molecule has 0 aromatic heterocycles. The van der Waals surface area contributed by atoms with Crippen molar-refractivity contribution in [1.82, 2.24) is 4.90 Å². The van der Waals surface area contributed by atoms with Crippen molar-refractivity contribution in [3.63, 3.8) is 0 Å². The summed E-state index contributed by atoms with van der Waals surface area (Å²) in [6.07, 6.45) is 0.608. The first-order chi connectivity index (χ1) is 8.65. The standard InChI is InChI=1S/C12H9Cl6N/c13-10(14)6-9(10,8-4-2-1-3-5-8)7-19-11(15,16)12(19,17)18/h1-5H,6-7H2. The maximum Gasteiger partial charge on any atom is 0.220 e. The first kappa shape index (κ1) is 14.8. The number of rotatable bonds is 3. The number of nitrogens with zero attached hydrogens (tertiary/aromatic N) is 1. The zero-order chi connectivity index (χ0) is 14.1. The van der Waals surface area contributed by atoms with Crippen molar-refractivity contribution in [2.24, 2.45) is 0 Å². The van der Waals surface area contributed by atoms with Crippen molar-refractivity contribution in [1.29, 1.82) is 0 Å². The van der Waals surface area contributed by atoms with E-state index in [9.17, 15) is 0 Å². The van der Waals surface area contributed by atoms with E-state index in [0.717, 1.165) is 5.56 Å². The average Bonchev–Trinajstić information content (AvgIpc) is 3.02. The fraction of sp³-hybridized carbons (Fsp3) is 0.500. The van der Waals surface area contributed by atoms with Crippen molar-refractivity contribution in [3.05, 3.63) is 35.9 Å². The Balaban J connectivity index is 1.90. The highest BCUT2D eigenvalue weighted by molar-refractivity contribution is 6.66. The van der Waals surface area contributed by atoms with Crippen LogP contribution < -0.4 is 0 Å². The SMILES string of the molecule is ClC1(Cl)CC1(CN1C(Cl)(Cl)C1(Cl)Cl)c1ccccc1. The highest BCUT2D eigenvalue weighted by atomic mass is 35.5. The van der Waals surface area contributed by atoms with E-state index in [0.29, 0.717) is 13.0 Å². The molecule has 1 aliphatic heterocycles. The second-order valence-electron chi connectivity index (χ2n) is 5.00. The molecule has 19 heavy (non-hydrogen) atoms. The van der Waals surface area contributed by atoms with E-state index in [1.54, 1.807) is 4.90 Å². The monoisotopic (exact) mass is 377 g/mol. The van der Waals surface area contributed by atoms with Crippen LogP contribution in [0.25, 0.3) is 0 Å². The second kappa shape index (κ2) is 4.23. The van der Waals surface area contributed by atoms with Crippen LogP contribution in [0.4, 0.5) is 0 Å². The fourth-order valence-electron chi connectivity index (χ4n) is 2.44. The van der Waals surface area contributed by atoms with Gasteiger partial charge in [0.25, 0.3) is 0 Å². The first-order valence-electron chi connectivity index (χ1n) is 5.62. The largest absolute Gasteiger partial charge is 0.232 e. The normalized spacial score (nSPS) is 34.0. The summed E-state index contributed by atoms with van der Waals surface area (Å²) in [7, 11) is 0. The van der Waals surface area contributed by atoms with Crippen LogP contribution in [0.5, 0.6) is 0 Å². The van der Waals surface area contributed by atoms with Gasteiger partial charge in [0.15, 0.2) is 0 Å². The lowest BCUT2D eigenvalue weighted by Gasteiger charge is -2.20. The number of halogens is 6. The third kappa shape index (κ3) is 2.01. The van der Waals surface area contributed by atoms with E-state index in [-0.39, 0.29) is 0 Å². The number of benzene rings is 1. The minimum absolute atomic E-state index is 0.407. The van der Waals surface area contributed by atoms with E-state index >= 15 is 0 Å². The van der Waals surface area contributed by atoms with Gasteiger partial charge in [0.05, 0.1) is 0 Å². The Morgan fingerprint density at radius 1 is 0.895 bits per heavy atom. The minimum Gasteiger partial charge on any atom is -0.232 e. The van der Waals surface area contributed by atoms with Crippen molar-refractivity contribution in [2.45, 2.75) is 25.1 Å². The quantitative estimate of drug-likeness (QED) is 0.402. The summed E-state index contributed by atoms with van der Waals surface area (Å²) in [5, 5.41) is 0. The fourth-order valence-corrected chi connectivity index (χ4v) is 4.39. The molecule has 2 fully saturated rings. The molecule has 0 spiro atoms. The lowest BCUT2D eigenvalue weighted by molar-refractivity contribution is 0.438. The summed E-state index contributed by atoms with van der Waals surface area (Å²) in [6.45, 7) is 0.407. The van der Waals surface area contributed by atoms with Crippen LogP contribution in [0, 0.1) is 0 Å². The number of hydrogen-bond donors (Lipinski definition) is 0. The summed E-state index contributed by atoms with van der Waals surface area (Å²) in [5.74, 6) is 0. The molecule has 1 unspecified atom stereocenters. The maximum absolute atomic E-state index is 6.32. The molecule has 7 heteroatoms. The number of hydrogen-bond acceptors (Lipinski definition) is 1. The smallest absolute Gasteiger partial charge is 0.220 e. The van der Waals surface area contributed by atoms with Crippen molar-refractivity contribution < 1.29 is 0 Å². The molecule has 104 valence electrons. The molecule has 0 bridgehead atoms. The summed E-state index contributed by atoms with van der Waals surface area (Å²) in [6, 6.07) is 9.76. The Morgan fingerprint density at radius 2 is 1.37 bits per heavy atom. The molecule has 1 heterocycles. The molecule has 1 saturated heterocycles. The second-order valence-corrected chi connectivity index (χ2v) is 9.06. The molecule has 1 saturated carbocycles. The first-order valence-corrected chi connectivity index (χ1v) is 7.89. The van der Waals surface area contributed by atoms with Gasteiger partial charge in [-0.25, -0.2) is 4.90 Å². The Kier molecular flexibility index (Phi) is 3.30. The molecule has 0 radical (unpaired) electrons. The Bertz CT molecular complexity index is 500. The van der Waals surface area contributed by atoms with Gasteiger partial charge in [-0.05, 0) is 12.0 Å². The molecular formula is C12H9Cl6N. The molecule has 1 aliphatic carbocycles. The molecule has 2 aliphatic rings. The van der Waals surface area contributed by atoms with Crippen LogP contribution in [0.3, 0.4) is 0 Å². The molecule has 1 nitrogen and oxygen atoms in total. The van der Waals surface area contributed by atoms with E-state index in [4.69, 9.17) is 69.6 Å². The van der Waals surface area contributed by atoms with Crippen molar-refractivity contribution >= 4 is 69.6 Å². The van der Waals surface area contributed by atoms with Crippen LogP contribution in [-0.2, 0) is 5.41 Å². The van der Waals surface area contributed by atoms with Gasteiger partial charge in [0.2, 0.25) is 8.91 Å². The summed E-state index contributed by atoms with van der Waals surface area (Å²) in [4.78, 5) is 1.58. The zero-order valence-electron chi connectivity index (χ0n) is 9.52. The lowest BCUT2D eigenvalue weighted by Crippen LogP contribution is -2.27. The van der Waals surface area contributed by atoms with Crippen LogP contribution in [-0.4, -0.2) is 24.7 Å². The summed E-state index contributed by atoms with van der Waals surface area (Å²) >= 11 is 36.9. The van der Waals surface area contributed by atoms with Crippen molar-refractivity contribution in [3.8, 4) is 0 Å². The summed E-state index contributed by atoms with van der Waals surface area (Å²) < 4.78 is -3.46. The van der Waals surface area contributed by atoms with E-state index in [2.05, 4.69) is 0 Å². The van der Waals surface area contributed by atoms with Gasteiger partial charge in [-0.2, -0.15) is 0 Å². The zero-order valence-corrected chi connectivity index (χ0v) is 14.1. The van der Waals surface area contributed by atoms with E-state index in [1.807, 2.05) is 30.3 Å². The maximum atomic E-state index is 6.32. The third-order valence-electron chi connectivity index (χ3n) is 3.84. The van der Waals surface area contributed by atoms with Gasteiger partial charge >= 0.3 is 0 Å². The van der Waals surface area contributed by atoms with Gasteiger partial charge in [-0.3, -0.25) is 0 Å². The van der Waals surface area contributed by atoms with Crippen LogP contribution in [0.2, 0.25) is 0 Å². The highest BCUT2D eigenvalue weighted by Gasteiger charge is 2.79. The van der Waals surface area contributed by atoms with Gasteiger partial charge in [-0.1, -0.05) is 76.7 Å². The van der Waals surface area contributed by atoms with Crippen LogP contribution >= 0.6 is 69.6 Å². The highest BCUT2D eigenvalue weighted by Crippen LogP contribution is 2.71.